The molecule has 39 nitrogen and oxygen atoms in total. The van der Waals surface area contributed by atoms with Gasteiger partial charge in [0.25, 0.3) is 0 Å². The van der Waals surface area contributed by atoms with Gasteiger partial charge in [-0.15, -0.1) is 11.8 Å². The van der Waals surface area contributed by atoms with Gasteiger partial charge < -0.3 is 115 Å². The summed E-state index contributed by atoms with van der Waals surface area (Å²) in [5.74, 6) is -16.6. The van der Waals surface area contributed by atoms with Crippen molar-refractivity contribution in [3.63, 3.8) is 0 Å². The maximum atomic E-state index is 15.6. The number of primary amides is 2. The van der Waals surface area contributed by atoms with E-state index in [9.17, 15) is 67.7 Å². The highest BCUT2D eigenvalue weighted by atomic mass is 32.2. The molecule has 3 aliphatic rings. The van der Waals surface area contributed by atoms with E-state index >= 15 is 24.0 Å². The number of thioether (sulfide) groups is 1. The third-order valence-electron chi connectivity index (χ3n) is 23.2. The van der Waals surface area contributed by atoms with Crippen molar-refractivity contribution in [3.8, 4) is 5.75 Å². The molecular weight excluding hydrogens is 1670 g/mol. The molecule has 14 atom stereocenters. The van der Waals surface area contributed by atoms with Gasteiger partial charge in [-0.25, -0.2) is 0 Å². The molecule has 0 aliphatic carbocycles. The average molecular weight is 1800 g/mol. The summed E-state index contributed by atoms with van der Waals surface area (Å²) in [6.07, 6.45) is 2.34. The molecule has 128 heavy (non-hydrogen) atoms. The minimum atomic E-state index is -1.75. The van der Waals surface area contributed by atoms with Gasteiger partial charge in [-0.2, -0.15) is 0 Å². The fourth-order valence-electron chi connectivity index (χ4n) is 16.2. The van der Waals surface area contributed by atoms with Crippen molar-refractivity contribution in [1.82, 2.24) is 87.2 Å². The summed E-state index contributed by atoms with van der Waals surface area (Å²) in [6, 6.07) is 0.937. The van der Waals surface area contributed by atoms with E-state index in [0.29, 0.717) is 64.2 Å². The Morgan fingerprint density at radius 3 is 1.65 bits per heavy atom. The maximum absolute atomic E-state index is 15.6. The first-order valence-electron chi connectivity index (χ1n) is 43.5. The zero-order valence-electron chi connectivity index (χ0n) is 74.5. The van der Waals surface area contributed by atoms with Crippen LogP contribution in [0.25, 0.3) is 21.8 Å². The van der Waals surface area contributed by atoms with Crippen molar-refractivity contribution < 1.29 is 91.7 Å². The summed E-state index contributed by atoms with van der Waals surface area (Å²) < 4.78 is 0. The van der Waals surface area contributed by atoms with E-state index in [0.717, 1.165) is 31.4 Å². The molecule has 2 aromatic heterocycles. The van der Waals surface area contributed by atoms with E-state index in [-0.39, 0.29) is 94.1 Å². The van der Waals surface area contributed by atoms with Gasteiger partial charge in [0.2, 0.25) is 100 Å². The van der Waals surface area contributed by atoms with Gasteiger partial charge in [0.05, 0.1) is 31.4 Å². The number of nitrogens with one attached hydrogen (secondary N) is 11. The van der Waals surface area contributed by atoms with Gasteiger partial charge in [0.1, 0.15) is 84.3 Å². The number of para-hydroxylation sites is 2. The highest BCUT2D eigenvalue weighted by Crippen LogP contribution is 2.28. The molecule has 5 heterocycles. The number of H-pyrrole nitrogens is 2. The van der Waals surface area contributed by atoms with Crippen LogP contribution in [-0.2, 0) is 101 Å². The lowest BCUT2D eigenvalue weighted by molar-refractivity contribution is -0.149. The van der Waals surface area contributed by atoms with Crippen LogP contribution in [0.1, 0.15) is 142 Å². The highest BCUT2D eigenvalue weighted by molar-refractivity contribution is 8.00. The second-order valence-corrected chi connectivity index (χ2v) is 35.1. The van der Waals surface area contributed by atoms with E-state index in [2.05, 4.69) is 57.8 Å². The molecule has 698 valence electrons. The number of aromatic amines is 2. The molecular formula is C88H126N20O19S. The second-order valence-electron chi connectivity index (χ2n) is 34.1. The number of aromatic hydroxyl groups is 1. The fourth-order valence-corrected chi connectivity index (χ4v) is 17.0. The lowest BCUT2D eigenvalue weighted by Crippen LogP contribution is -2.61. The standard InChI is InChI=1S/C88H126N20O19S/c1-12-14-25-68-80(119)97-60(33-48(3)4)78(117)102-67(83(122)103(8)45-73(91)112)46-128-47-75(114)96-63(35-51-28-30-54(109)31-29-51)84(123)104(9)50(7)76(115)99-65(39-72(90)111)86(125)107-32-20-27-69(107)81(120)101-66(40-89)79(118)100-62(34-49(5)6)87(126)108-44-55(110)38-71(108)82(121)98-61(36-52-41-92-58-23-18-16-21-56(52)58)77(116)94-43-74(113)95-64(37-53-42-93-59-24-19-17-22-57(53)59)85(124)106(11)70(26-15-13-2)88(127)105(68)10/h16-19,21-24,28-31,41-42,48-50,55,60-71,92-93,109-110H,12-15,20,25-27,32-40,43-47,89H2,1-11H3,(H2,90,111)(H2,91,112)(H,94,116)(H,95,113)(H,96,114)(H,97,119)(H,98,121)(H,99,115)(H,100,118)(H,101,120)(H,102,117)/t50-,55+,60-,61-,62-,63-,64?,65-,66-,67-,68-,69-,70-,71-/m0/s1. The number of hydrogen-bond donors (Lipinski definition) is 16. The Bertz CT molecular complexity index is 4810. The summed E-state index contributed by atoms with van der Waals surface area (Å²) >= 11 is 0.820. The van der Waals surface area contributed by atoms with Crippen molar-refractivity contribution in [1.29, 1.82) is 0 Å². The largest absolute Gasteiger partial charge is 0.508 e. The topological polar surface area (TPSA) is 568 Å². The predicted octanol–water partition coefficient (Wildman–Crippen LogP) is -1.17. The number of unbranched alkanes of at least 4 members (excludes halogenated alkanes) is 2. The molecule has 8 rings (SSSR count). The van der Waals surface area contributed by atoms with Gasteiger partial charge in [-0.1, -0.05) is 116 Å². The quantitative estimate of drug-likeness (QED) is 0.0388. The number of hydrogen-bond acceptors (Lipinski definition) is 21. The Morgan fingerprint density at radius 2 is 1.05 bits per heavy atom. The fraction of sp³-hybridized carbons (Fsp3) is 0.557. The number of nitrogens with zero attached hydrogens (tertiary/aromatic N) is 6. The third-order valence-corrected chi connectivity index (χ3v) is 24.3. The SMILES string of the molecule is CCCC[C@H]1C(=O)N(C)[C@@H](CCCC)C(=O)N[C@@H](CC(C)C)C(=O)N[C@H](C(=O)N(C)CC(N)=O)CSCC(=O)N[C@@H](Cc2ccc(O)cc2)C(=O)N(C)[C@@H](C)C(=O)N[C@@H](CC(N)=O)C(=O)N2CCC[C@H]2C(=O)N[C@@H](CN)C(=O)N[C@@H](CC(C)C)C(=O)N2C[C@H](O)C[C@H]2C(=O)N[C@@H](Cc2c[nH]c3ccccc23)C(=O)NCC(=O)NC(Cc2c[nH]c3ccccc23)C(=O)N1C. The zero-order chi connectivity index (χ0) is 94.1. The number of aliphatic hydroxyl groups excluding tert-OH is 1. The van der Waals surface area contributed by atoms with Crippen LogP contribution >= 0.6 is 11.8 Å². The number of carbonyl (C=O) groups is 17. The third kappa shape index (κ3) is 27.7. The molecule has 3 aliphatic heterocycles. The van der Waals surface area contributed by atoms with Gasteiger partial charge in [0, 0.05) is 113 Å². The number of benzene rings is 3. The summed E-state index contributed by atoms with van der Waals surface area (Å²) in [6.45, 7) is 9.61. The molecule has 0 bridgehead atoms. The number of likely N-dealkylation sites (N-methyl/N-ethyl adjacent to an activating group) is 4. The van der Waals surface area contributed by atoms with Crippen LogP contribution in [-0.4, -0.2) is 307 Å². The normalized spacial score (nSPS) is 25.0. The first kappa shape index (κ1) is 101. The van der Waals surface area contributed by atoms with Crippen molar-refractivity contribution in [2.24, 2.45) is 29.0 Å². The highest BCUT2D eigenvalue weighted by Gasteiger charge is 2.46. The first-order chi connectivity index (χ1) is 60.7. The molecule has 0 saturated carbocycles. The molecule has 5 aromatic rings. The molecule has 3 fully saturated rings. The second kappa shape index (κ2) is 47.6. The van der Waals surface area contributed by atoms with Crippen molar-refractivity contribution in [2.75, 3.05) is 72.4 Å². The zero-order valence-corrected chi connectivity index (χ0v) is 75.4. The van der Waals surface area contributed by atoms with Crippen LogP contribution in [0.3, 0.4) is 0 Å². The van der Waals surface area contributed by atoms with Gasteiger partial charge in [0.15, 0.2) is 0 Å². The summed E-state index contributed by atoms with van der Waals surface area (Å²) in [4.78, 5) is 261. The lowest BCUT2D eigenvalue weighted by Gasteiger charge is -2.36. The van der Waals surface area contributed by atoms with Crippen LogP contribution < -0.4 is 65.1 Å². The Labute approximate surface area is 747 Å². The molecule has 1 unspecified atom stereocenters. The average Bonchev–Trinajstić information content (AvgIpc) is 1.54. The van der Waals surface area contributed by atoms with Gasteiger partial charge in [-0.05, 0) is 98.2 Å². The summed E-state index contributed by atoms with van der Waals surface area (Å²) in [7, 11) is 5.29. The monoisotopic (exact) mass is 1800 g/mol. The van der Waals surface area contributed by atoms with Crippen molar-refractivity contribution in [3.05, 3.63) is 102 Å². The number of phenolic OH excluding ortho intramolecular Hbond substituents is 1. The number of rotatable bonds is 22. The Balaban J connectivity index is 1.16. The first-order valence-corrected chi connectivity index (χ1v) is 44.6. The molecule has 3 aromatic carbocycles. The number of aromatic nitrogens is 2. The van der Waals surface area contributed by atoms with Gasteiger partial charge >= 0.3 is 0 Å². The van der Waals surface area contributed by atoms with Gasteiger partial charge in [-0.3, -0.25) is 81.5 Å². The minimum Gasteiger partial charge on any atom is -0.508 e. The molecule has 0 spiro atoms. The Hall–Kier alpha value is -12.2. The van der Waals surface area contributed by atoms with Crippen LogP contribution in [0.15, 0.2) is 85.2 Å². The molecule has 40 heteroatoms. The van der Waals surface area contributed by atoms with Crippen LogP contribution in [0.2, 0.25) is 0 Å². The molecule has 0 radical (unpaired) electrons. The Morgan fingerprint density at radius 1 is 0.539 bits per heavy atom. The smallest absolute Gasteiger partial charge is 0.246 e. The maximum Gasteiger partial charge on any atom is 0.246 e. The van der Waals surface area contributed by atoms with E-state index < -0.39 is 223 Å². The number of carbonyl (C=O) groups excluding carboxylic acids is 17. The number of aliphatic hydroxyl groups is 1. The minimum absolute atomic E-state index is 0.00225. The molecule has 3 saturated heterocycles. The lowest BCUT2D eigenvalue weighted by atomic mass is 9.99. The predicted molar refractivity (Wildman–Crippen MR) is 475 cm³/mol. The number of phenols is 1. The van der Waals surface area contributed by atoms with E-state index in [4.69, 9.17) is 17.2 Å². The number of fused-ring (bicyclic) bond motifs is 4. The summed E-state index contributed by atoms with van der Waals surface area (Å²) in [5.41, 5.74) is 20.3. The number of nitrogens with two attached hydrogens (primary N) is 3. The van der Waals surface area contributed by atoms with E-state index in [1.807, 2.05) is 26.0 Å². The van der Waals surface area contributed by atoms with Crippen molar-refractivity contribution >= 4 is 134 Å². The number of amides is 17. The van der Waals surface area contributed by atoms with Crippen LogP contribution in [0.5, 0.6) is 5.75 Å². The van der Waals surface area contributed by atoms with Crippen LogP contribution in [0, 0.1) is 11.8 Å². The molecule has 19 N–H and O–H groups in total. The van der Waals surface area contributed by atoms with E-state index in [1.54, 1.807) is 76.5 Å². The molecule has 17 amide bonds. The van der Waals surface area contributed by atoms with Crippen LogP contribution in [0.4, 0.5) is 0 Å². The van der Waals surface area contributed by atoms with E-state index in [1.165, 1.54) is 69.2 Å². The summed E-state index contributed by atoms with van der Waals surface area (Å²) in [5, 5.41) is 47.1. The van der Waals surface area contributed by atoms with Crippen molar-refractivity contribution in [2.45, 2.75) is 229 Å². The Kier molecular flexibility index (Phi) is 37.6.